The van der Waals surface area contributed by atoms with Crippen LogP contribution in [0.4, 0.5) is 0 Å². The quantitative estimate of drug-likeness (QED) is 0.521. The second-order valence-electron chi connectivity index (χ2n) is 6.90. The van der Waals surface area contributed by atoms with Crippen LogP contribution in [-0.4, -0.2) is 20.1 Å². The molecule has 0 N–H and O–H groups in total. The normalized spacial score (nSPS) is 11.2. The van der Waals surface area contributed by atoms with E-state index in [-0.39, 0.29) is 0 Å². The zero-order valence-electron chi connectivity index (χ0n) is 15.5. The SMILES string of the molecule is CC(C)(C#N)c1cc(-c2cncc(-c3cc(-c4ccccc4)no3)n2)ccn1. The summed E-state index contributed by atoms with van der Waals surface area (Å²) in [5, 5.41) is 13.5. The predicted octanol–water partition coefficient (Wildman–Crippen LogP) is 4.66. The van der Waals surface area contributed by atoms with Gasteiger partial charge in [0.05, 0.1) is 35.3 Å². The minimum absolute atomic E-state index is 0.542. The van der Waals surface area contributed by atoms with Gasteiger partial charge in [-0.1, -0.05) is 35.5 Å². The Morgan fingerprint density at radius 2 is 1.71 bits per heavy atom. The molecule has 4 rings (SSSR count). The number of hydrogen-bond donors (Lipinski definition) is 0. The van der Waals surface area contributed by atoms with Gasteiger partial charge < -0.3 is 4.52 Å². The summed E-state index contributed by atoms with van der Waals surface area (Å²) in [5.41, 5.74) is 3.81. The maximum atomic E-state index is 9.36. The summed E-state index contributed by atoms with van der Waals surface area (Å²) in [5.74, 6) is 0.542. The molecule has 0 amide bonds. The summed E-state index contributed by atoms with van der Waals surface area (Å²) in [6, 6.07) is 17.6. The molecule has 0 unspecified atom stereocenters. The van der Waals surface area contributed by atoms with Crippen LogP contribution >= 0.6 is 0 Å². The van der Waals surface area contributed by atoms with Gasteiger partial charge in [0.15, 0.2) is 5.76 Å². The smallest absolute Gasteiger partial charge is 0.187 e. The minimum Gasteiger partial charge on any atom is -0.354 e. The molecule has 6 nitrogen and oxygen atoms in total. The number of aromatic nitrogens is 4. The van der Waals surface area contributed by atoms with Crippen molar-refractivity contribution in [2.45, 2.75) is 19.3 Å². The van der Waals surface area contributed by atoms with Crippen LogP contribution in [0.25, 0.3) is 34.0 Å². The van der Waals surface area contributed by atoms with E-state index < -0.39 is 5.41 Å². The number of hydrogen-bond acceptors (Lipinski definition) is 6. The summed E-state index contributed by atoms with van der Waals surface area (Å²) in [6.07, 6.45) is 5.00. The summed E-state index contributed by atoms with van der Waals surface area (Å²) < 4.78 is 5.48. The molecule has 0 bridgehead atoms. The summed E-state index contributed by atoms with van der Waals surface area (Å²) in [4.78, 5) is 13.3. The maximum absolute atomic E-state index is 9.36. The van der Waals surface area contributed by atoms with Gasteiger partial charge >= 0.3 is 0 Å². The molecule has 0 atom stereocenters. The van der Waals surface area contributed by atoms with Crippen molar-refractivity contribution in [1.29, 1.82) is 5.26 Å². The zero-order chi connectivity index (χ0) is 19.6. The Kier molecular flexibility index (Phi) is 4.42. The molecule has 28 heavy (non-hydrogen) atoms. The van der Waals surface area contributed by atoms with Gasteiger partial charge in [-0.25, -0.2) is 4.98 Å². The van der Waals surface area contributed by atoms with Gasteiger partial charge in [0.25, 0.3) is 0 Å². The highest BCUT2D eigenvalue weighted by Crippen LogP contribution is 2.28. The Bertz CT molecular complexity index is 1160. The molecule has 0 saturated heterocycles. The van der Waals surface area contributed by atoms with E-state index in [1.807, 2.05) is 62.4 Å². The maximum Gasteiger partial charge on any atom is 0.187 e. The Hall–Kier alpha value is -3.85. The third-order valence-electron chi connectivity index (χ3n) is 4.44. The van der Waals surface area contributed by atoms with E-state index in [0.29, 0.717) is 22.8 Å². The Morgan fingerprint density at radius 1 is 0.929 bits per heavy atom. The van der Waals surface area contributed by atoms with E-state index in [1.54, 1.807) is 18.6 Å². The molecule has 0 fully saturated rings. The van der Waals surface area contributed by atoms with Crippen molar-refractivity contribution in [2.24, 2.45) is 0 Å². The number of nitriles is 1. The predicted molar refractivity (Wildman–Crippen MR) is 105 cm³/mol. The van der Waals surface area contributed by atoms with Gasteiger partial charge in [-0.15, -0.1) is 0 Å². The van der Waals surface area contributed by atoms with E-state index in [1.165, 1.54) is 0 Å². The van der Waals surface area contributed by atoms with Crippen LogP contribution in [0.3, 0.4) is 0 Å². The van der Waals surface area contributed by atoms with Crippen LogP contribution in [-0.2, 0) is 5.41 Å². The lowest BCUT2D eigenvalue weighted by Crippen LogP contribution is -2.15. The van der Waals surface area contributed by atoms with E-state index in [4.69, 9.17) is 4.52 Å². The van der Waals surface area contributed by atoms with Gasteiger partial charge in [-0.05, 0) is 26.0 Å². The first-order valence-electron chi connectivity index (χ1n) is 8.79. The van der Waals surface area contributed by atoms with E-state index in [0.717, 1.165) is 16.8 Å². The van der Waals surface area contributed by atoms with Gasteiger partial charge in [-0.3, -0.25) is 9.97 Å². The van der Waals surface area contributed by atoms with E-state index >= 15 is 0 Å². The molecule has 0 aliphatic carbocycles. The average molecular weight is 367 g/mol. The lowest BCUT2D eigenvalue weighted by atomic mass is 9.90. The monoisotopic (exact) mass is 367 g/mol. The van der Waals surface area contributed by atoms with E-state index in [9.17, 15) is 5.26 Å². The standard InChI is InChI=1S/C22H17N5O/c1-22(2,14-23)21-10-16(8-9-25-21)18-12-24-13-19(26-18)20-11-17(27-28-20)15-6-4-3-5-7-15/h3-13H,1-2H3. The van der Waals surface area contributed by atoms with Gasteiger partial charge in [0, 0.05) is 23.4 Å². The molecular formula is C22H17N5O. The van der Waals surface area contributed by atoms with Gasteiger partial charge in [-0.2, -0.15) is 5.26 Å². The number of pyridine rings is 1. The summed E-state index contributed by atoms with van der Waals surface area (Å²) >= 11 is 0. The Balaban J connectivity index is 1.69. The number of nitrogens with zero attached hydrogens (tertiary/aromatic N) is 5. The molecule has 3 heterocycles. The van der Waals surface area contributed by atoms with Crippen LogP contribution in [0.1, 0.15) is 19.5 Å². The lowest BCUT2D eigenvalue weighted by Gasteiger charge is -2.15. The Morgan fingerprint density at radius 3 is 2.50 bits per heavy atom. The lowest BCUT2D eigenvalue weighted by molar-refractivity contribution is 0.433. The topological polar surface area (TPSA) is 88.5 Å². The largest absolute Gasteiger partial charge is 0.354 e. The first kappa shape index (κ1) is 17.6. The third kappa shape index (κ3) is 3.38. The van der Waals surface area contributed by atoms with Crippen molar-refractivity contribution in [1.82, 2.24) is 20.1 Å². The molecular weight excluding hydrogens is 350 g/mol. The minimum atomic E-state index is -0.684. The molecule has 0 spiro atoms. The highest BCUT2D eigenvalue weighted by molar-refractivity contribution is 5.67. The first-order valence-corrected chi connectivity index (χ1v) is 8.79. The molecule has 0 aliphatic heterocycles. The fourth-order valence-corrected chi connectivity index (χ4v) is 2.75. The van der Waals surface area contributed by atoms with E-state index in [2.05, 4.69) is 26.2 Å². The van der Waals surface area contributed by atoms with Gasteiger partial charge in [0.1, 0.15) is 11.4 Å². The highest BCUT2D eigenvalue weighted by atomic mass is 16.5. The van der Waals surface area contributed by atoms with Gasteiger partial charge in [0.2, 0.25) is 0 Å². The fourth-order valence-electron chi connectivity index (χ4n) is 2.75. The molecule has 136 valence electrons. The second kappa shape index (κ2) is 7.05. The second-order valence-corrected chi connectivity index (χ2v) is 6.90. The van der Waals surface area contributed by atoms with Crippen LogP contribution < -0.4 is 0 Å². The molecule has 1 aromatic carbocycles. The summed E-state index contributed by atoms with van der Waals surface area (Å²) in [6.45, 7) is 3.67. The molecule has 6 heteroatoms. The van der Waals surface area contributed by atoms with Crippen LogP contribution in [0.5, 0.6) is 0 Å². The van der Waals surface area contributed by atoms with Crippen LogP contribution in [0, 0.1) is 11.3 Å². The van der Waals surface area contributed by atoms with Crippen molar-refractivity contribution >= 4 is 0 Å². The van der Waals surface area contributed by atoms with Crippen LogP contribution in [0.2, 0.25) is 0 Å². The van der Waals surface area contributed by atoms with Crippen molar-refractivity contribution < 1.29 is 4.52 Å². The average Bonchev–Trinajstić information content (AvgIpc) is 3.25. The third-order valence-corrected chi connectivity index (χ3v) is 4.44. The molecule has 0 saturated carbocycles. The summed E-state index contributed by atoms with van der Waals surface area (Å²) in [7, 11) is 0. The zero-order valence-corrected chi connectivity index (χ0v) is 15.5. The fraction of sp³-hybridized carbons (Fsp3) is 0.136. The van der Waals surface area contributed by atoms with Crippen molar-refractivity contribution in [3.8, 4) is 40.0 Å². The van der Waals surface area contributed by atoms with Crippen molar-refractivity contribution in [2.75, 3.05) is 0 Å². The van der Waals surface area contributed by atoms with Crippen LogP contribution in [0.15, 0.2) is 71.6 Å². The molecule has 0 radical (unpaired) electrons. The van der Waals surface area contributed by atoms with Crippen molar-refractivity contribution in [3.63, 3.8) is 0 Å². The highest BCUT2D eigenvalue weighted by Gasteiger charge is 2.22. The first-order chi connectivity index (χ1) is 13.6. The Labute approximate surface area is 162 Å². The number of benzene rings is 1. The molecule has 3 aromatic heterocycles. The molecule has 0 aliphatic rings. The molecule has 4 aromatic rings. The number of rotatable bonds is 4. The van der Waals surface area contributed by atoms with Crippen molar-refractivity contribution in [3.05, 3.63) is 72.8 Å².